The predicted molar refractivity (Wildman–Crippen MR) is 87.5 cm³/mol. The molecule has 116 valence electrons. The quantitative estimate of drug-likeness (QED) is 0.848. The fraction of sp³-hybridized carbons (Fsp3) is 0.562. The first-order valence-corrected chi connectivity index (χ1v) is 7.88. The van der Waals surface area contributed by atoms with Crippen molar-refractivity contribution in [3.05, 3.63) is 28.8 Å². The van der Waals surface area contributed by atoms with E-state index >= 15 is 0 Å². The highest BCUT2D eigenvalue weighted by Crippen LogP contribution is 2.28. The zero-order valence-electron chi connectivity index (χ0n) is 12.7. The van der Waals surface area contributed by atoms with Crippen LogP contribution in [0.1, 0.15) is 25.8 Å². The zero-order valence-corrected chi connectivity index (χ0v) is 13.5. The van der Waals surface area contributed by atoms with Gasteiger partial charge in [-0.3, -0.25) is 4.79 Å². The second-order valence-corrected chi connectivity index (χ2v) is 6.54. The third-order valence-corrected chi connectivity index (χ3v) is 4.21. The predicted octanol–water partition coefficient (Wildman–Crippen LogP) is 2.40. The summed E-state index contributed by atoms with van der Waals surface area (Å²) in [6.07, 6.45) is 0.824. The van der Waals surface area contributed by atoms with Gasteiger partial charge in [-0.1, -0.05) is 31.5 Å². The number of primary amides is 1. The van der Waals surface area contributed by atoms with Crippen LogP contribution in [0.3, 0.4) is 0 Å². The van der Waals surface area contributed by atoms with Crippen LogP contribution in [-0.2, 0) is 11.3 Å². The molecule has 0 aromatic heterocycles. The topological polar surface area (TPSA) is 58.4 Å². The number of hydrogen-bond acceptors (Lipinski definition) is 3. The molecule has 3 N–H and O–H groups in total. The molecule has 0 saturated carbocycles. The van der Waals surface area contributed by atoms with Crippen LogP contribution in [-0.4, -0.2) is 25.5 Å². The number of halogens is 1. The maximum atomic E-state index is 11.2. The molecular formula is C16H24ClN3O. The van der Waals surface area contributed by atoms with Crippen LogP contribution in [0.25, 0.3) is 0 Å². The number of nitrogens with zero attached hydrogens (tertiary/aromatic N) is 1. The van der Waals surface area contributed by atoms with Crippen molar-refractivity contribution < 1.29 is 4.79 Å². The first-order chi connectivity index (χ1) is 9.97. The number of carbonyl (C=O) groups excluding carboxylic acids is 1. The number of benzene rings is 1. The van der Waals surface area contributed by atoms with Gasteiger partial charge < -0.3 is 16.0 Å². The zero-order chi connectivity index (χ0) is 15.4. The number of amides is 1. The van der Waals surface area contributed by atoms with Crippen molar-refractivity contribution in [2.45, 2.75) is 26.8 Å². The van der Waals surface area contributed by atoms with Gasteiger partial charge in [0, 0.05) is 30.3 Å². The number of nitrogens with two attached hydrogens (primary N) is 1. The van der Waals surface area contributed by atoms with E-state index in [1.807, 2.05) is 6.07 Å². The summed E-state index contributed by atoms with van der Waals surface area (Å²) in [5.41, 5.74) is 7.54. The monoisotopic (exact) mass is 309 g/mol. The summed E-state index contributed by atoms with van der Waals surface area (Å²) >= 11 is 6.36. The molecule has 5 heteroatoms. The minimum atomic E-state index is -0.210. The first-order valence-electron chi connectivity index (χ1n) is 7.50. The highest BCUT2D eigenvalue weighted by atomic mass is 35.5. The molecule has 1 atom stereocenters. The normalized spacial score (nSPS) is 18.5. The van der Waals surface area contributed by atoms with E-state index in [2.05, 4.69) is 36.2 Å². The minimum absolute atomic E-state index is 0.0452. The van der Waals surface area contributed by atoms with Crippen molar-refractivity contribution >= 4 is 23.2 Å². The van der Waals surface area contributed by atoms with Gasteiger partial charge in [-0.2, -0.15) is 0 Å². The molecule has 1 aliphatic rings. The Bertz CT molecular complexity index is 504. The summed E-state index contributed by atoms with van der Waals surface area (Å²) < 4.78 is 0. The highest BCUT2D eigenvalue weighted by molar-refractivity contribution is 6.31. The van der Waals surface area contributed by atoms with Gasteiger partial charge in [0.05, 0.1) is 5.92 Å². The van der Waals surface area contributed by atoms with Gasteiger partial charge in [-0.15, -0.1) is 0 Å². The Balaban J connectivity index is 1.97. The number of nitrogens with one attached hydrogen (secondary N) is 1. The third-order valence-electron chi connectivity index (χ3n) is 3.86. The maximum Gasteiger partial charge on any atom is 0.222 e. The van der Waals surface area contributed by atoms with Crippen molar-refractivity contribution in [1.29, 1.82) is 0 Å². The summed E-state index contributed by atoms with van der Waals surface area (Å²) in [6.45, 7) is 7.66. The molecule has 0 aliphatic carbocycles. The van der Waals surface area contributed by atoms with E-state index in [1.54, 1.807) is 0 Å². The Morgan fingerprint density at radius 2 is 2.29 bits per heavy atom. The van der Waals surface area contributed by atoms with Crippen LogP contribution in [0.2, 0.25) is 5.02 Å². The lowest BCUT2D eigenvalue weighted by Gasteiger charge is -2.19. The van der Waals surface area contributed by atoms with Crippen molar-refractivity contribution in [3.63, 3.8) is 0 Å². The Morgan fingerprint density at radius 1 is 1.52 bits per heavy atom. The van der Waals surface area contributed by atoms with E-state index in [-0.39, 0.29) is 11.8 Å². The van der Waals surface area contributed by atoms with Crippen LogP contribution in [0.15, 0.2) is 18.2 Å². The second-order valence-electron chi connectivity index (χ2n) is 6.13. The molecule has 1 aliphatic heterocycles. The van der Waals surface area contributed by atoms with Gasteiger partial charge in [-0.25, -0.2) is 0 Å². The molecule has 1 fully saturated rings. The maximum absolute atomic E-state index is 11.2. The van der Waals surface area contributed by atoms with Crippen molar-refractivity contribution in [1.82, 2.24) is 5.32 Å². The number of carbonyl (C=O) groups is 1. The number of anilines is 1. The molecule has 21 heavy (non-hydrogen) atoms. The molecule has 1 aromatic rings. The molecule has 0 spiro atoms. The van der Waals surface area contributed by atoms with Crippen LogP contribution >= 0.6 is 11.6 Å². The molecule has 1 unspecified atom stereocenters. The number of rotatable bonds is 6. The summed E-state index contributed by atoms with van der Waals surface area (Å²) in [5.74, 6) is 0.368. The second kappa shape index (κ2) is 7.14. The van der Waals surface area contributed by atoms with E-state index in [4.69, 9.17) is 17.3 Å². The molecule has 0 bridgehead atoms. The van der Waals surface area contributed by atoms with Crippen molar-refractivity contribution in [2.24, 2.45) is 17.6 Å². The SMILES string of the molecule is CC(C)CNCc1ccc(N2CCC(C(N)=O)C2)cc1Cl. The molecule has 1 heterocycles. The average Bonchev–Trinajstić information content (AvgIpc) is 2.90. The van der Waals surface area contributed by atoms with Crippen LogP contribution in [0.4, 0.5) is 5.69 Å². The molecule has 1 amide bonds. The van der Waals surface area contributed by atoms with E-state index in [0.717, 1.165) is 42.3 Å². The summed E-state index contributed by atoms with van der Waals surface area (Å²) in [6, 6.07) is 6.11. The lowest BCUT2D eigenvalue weighted by Crippen LogP contribution is -2.27. The summed E-state index contributed by atoms with van der Waals surface area (Å²) in [4.78, 5) is 13.4. The van der Waals surface area contributed by atoms with E-state index in [9.17, 15) is 4.79 Å². The minimum Gasteiger partial charge on any atom is -0.371 e. The Kier molecular flexibility index (Phi) is 5.48. The Labute approximate surface area is 131 Å². The summed E-state index contributed by atoms with van der Waals surface area (Å²) in [7, 11) is 0. The third kappa shape index (κ3) is 4.35. The van der Waals surface area contributed by atoms with E-state index < -0.39 is 0 Å². The number of hydrogen-bond donors (Lipinski definition) is 2. The molecule has 1 aromatic carbocycles. The lowest BCUT2D eigenvalue weighted by atomic mass is 10.1. The summed E-state index contributed by atoms with van der Waals surface area (Å²) in [5, 5.41) is 4.16. The Morgan fingerprint density at radius 3 is 2.86 bits per heavy atom. The van der Waals surface area contributed by atoms with Crippen LogP contribution in [0.5, 0.6) is 0 Å². The van der Waals surface area contributed by atoms with Crippen molar-refractivity contribution in [2.75, 3.05) is 24.5 Å². The molecule has 4 nitrogen and oxygen atoms in total. The fourth-order valence-corrected chi connectivity index (χ4v) is 2.84. The fourth-order valence-electron chi connectivity index (χ4n) is 2.60. The highest BCUT2D eigenvalue weighted by Gasteiger charge is 2.26. The van der Waals surface area contributed by atoms with E-state index in [0.29, 0.717) is 12.5 Å². The largest absolute Gasteiger partial charge is 0.371 e. The standard InChI is InChI=1S/C16H24ClN3O/c1-11(2)8-19-9-12-3-4-14(7-15(12)17)20-6-5-13(10-20)16(18)21/h3-4,7,11,13,19H,5-6,8-10H2,1-2H3,(H2,18,21). The molecule has 2 rings (SSSR count). The lowest BCUT2D eigenvalue weighted by molar-refractivity contribution is -0.121. The van der Waals surface area contributed by atoms with Gasteiger partial charge in [-0.05, 0) is 36.6 Å². The Hall–Kier alpha value is -1.26. The average molecular weight is 310 g/mol. The van der Waals surface area contributed by atoms with E-state index in [1.165, 1.54) is 0 Å². The van der Waals surface area contributed by atoms with Crippen molar-refractivity contribution in [3.8, 4) is 0 Å². The smallest absolute Gasteiger partial charge is 0.222 e. The van der Waals surface area contributed by atoms with Gasteiger partial charge >= 0.3 is 0 Å². The van der Waals surface area contributed by atoms with Gasteiger partial charge in [0.2, 0.25) is 5.91 Å². The molecule has 1 saturated heterocycles. The van der Waals surface area contributed by atoms with Gasteiger partial charge in [0.1, 0.15) is 0 Å². The molecular weight excluding hydrogens is 286 g/mol. The van der Waals surface area contributed by atoms with Crippen LogP contribution in [0, 0.1) is 11.8 Å². The first kappa shape index (κ1) is 16.1. The van der Waals surface area contributed by atoms with Crippen LogP contribution < -0.4 is 16.0 Å². The van der Waals surface area contributed by atoms with Gasteiger partial charge in [0.25, 0.3) is 0 Å². The van der Waals surface area contributed by atoms with Gasteiger partial charge in [0.15, 0.2) is 0 Å². The molecule has 0 radical (unpaired) electrons.